The minimum absolute atomic E-state index is 0.148. The number of carbonyl (C=O) groups excluding carboxylic acids is 1. The highest BCUT2D eigenvalue weighted by molar-refractivity contribution is 9.11. The average Bonchev–Trinajstić information content (AvgIpc) is 2.57. The SMILES string of the molecule is Cc1cc(Br)c(NC(=S)N[C@@H](NC(=O)Cc2ccccc2)C(Cl)(Cl)Cl)c(Br)c1. The topological polar surface area (TPSA) is 53.2 Å². The molecule has 0 unspecified atom stereocenters. The molecular formula is C18H16Br2Cl3N3OS. The second-order valence-corrected chi connectivity index (χ2v) is 10.4. The molecule has 0 fully saturated rings. The Bertz CT molecular complexity index is 840. The Labute approximate surface area is 200 Å². The van der Waals surface area contributed by atoms with E-state index in [9.17, 15) is 4.79 Å². The lowest BCUT2D eigenvalue weighted by molar-refractivity contribution is -0.121. The van der Waals surface area contributed by atoms with Crippen LogP contribution in [0.3, 0.4) is 0 Å². The molecule has 0 aliphatic heterocycles. The first kappa shape index (κ1) is 23.7. The van der Waals surface area contributed by atoms with Crippen molar-refractivity contribution in [3.8, 4) is 0 Å². The van der Waals surface area contributed by atoms with Crippen molar-refractivity contribution >= 4 is 95.6 Å². The van der Waals surface area contributed by atoms with Crippen molar-refractivity contribution in [2.45, 2.75) is 23.3 Å². The summed E-state index contributed by atoms with van der Waals surface area (Å²) in [6.07, 6.45) is -0.883. The smallest absolute Gasteiger partial charge is 0.228 e. The number of thiocarbonyl (C=S) groups is 1. The van der Waals surface area contributed by atoms with Crippen molar-refractivity contribution in [3.63, 3.8) is 0 Å². The van der Waals surface area contributed by atoms with Crippen LogP contribution in [0.25, 0.3) is 0 Å². The van der Waals surface area contributed by atoms with Gasteiger partial charge >= 0.3 is 0 Å². The maximum Gasteiger partial charge on any atom is 0.228 e. The minimum atomic E-state index is -1.82. The monoisotopic (exact) mass is 585 g/mol. The molecule has 0 saturated carbocycles. The summed E-state index contributed by atoms with van der Waals surface area (Å²) in [6, 6.07) is 13.1. The van der Waals surface area contributed by atoms with Gasteiger partial charge < -0.3 is 16.0 Å². The molecule has 2 rings (SSSR count). The van der Waals surface area contributed by atoms with E-state index in [0.29, 0.717) is 5.69 Å². The Hall–Kier alpha value is -0.570. The minimum Gasteiger partial charge on any atom is -0.339 e. The molecule has 2 aromatic rings. The number of aryl methyl sites for hydroxylation is 1. The molecule has 150 valence electrons. The van der Waals surface area contributed by atoms with Gasteiger partial charge in [-0.25, -0.2) is 0 Å². The van der Waals surface area contributed by atoms with E-state index in [1.165, 1.54) is 0 Å². The van der Waals surface area contributed by atoms with E-state index in [2.05, 4.69) is 47.8 Å². The zero-order valence-electron chi connectivity index (χ0n) is 14.5. The molecule has 28 heavy (non-hydrogen) atoms. The van der Waals surface area contributed by atoms with Crippen molar-refractivity contribution in [2.75, 3.05) is 5.32 Å². The summed E-state index contributed by atoms with van der Waals surface area (Å²) >= 11 is 30.4. The van der Waals surface area contributed by atoms with Gasteiger partial charge in [-0.1, -0.05) is 65.1 Å². The van der Waals surface area contributed by atoms with Gasteiger partial charge in [0.1, 0.15) is 6.17 Å². The van der Waals surface area contributed by atoms with E-state index >= 15 is 0 Å². The third-order valence-corrected chi connectivity index (χ3v) is 5.67. The fourth-order valence-electron chi connectivity index (χ4n) is 2.29. The molecule has 0 bridgehead atoms. The Morgan fingerprint density at radius 3 is 2.21 bits per heavy atom. The van der Waals surface area contributed by atoms with Crippen molar-refractivity contribution in [3.05, 3.63) is 62.5 Å². The van der Waals surface area contributed by atoms with Crippen LogP contribution in [0.5, 0.6) is 0 Å². The third kappa shape index (κ3) is 7.35. The Balaban J connectivity index is 2.06. The van der Waals surface area contributed by atoms with Crippen LogP contribution in [-0.2, 0) is 11.2 Å². The molecule has 1 amide bonds. The molecule has 0 spiro atoms. The van der Waals surface area contributed by atoms with Gasteiger partial charge in [0.25, 0.3) is 0 Å². The van der Waals surface area contributed by atoms with Crippen molar-refractivity contribution in [2.24, 2.45) is 0 Å². The fraction of sp³-hybridized carbons (Fsp3) is 0.222. The van der Waals surface area contributed by atoms with Crippen LogP contribution in [-0.4, -0.2) is 21.0 Å². The lowest BCUT2D eigenvalue weighted by atomic mass is 10.1. The number of alkyl halides is 3. The van der Waals surface area contributed by atoms with Gasteiger partial charge in [0.2, 0.25) is 9.70 Å². The highest BCUT2D eigenvalue weighted by Crippen LogP contribution is 2.33. The fourth-order valence-corrected chi connectivity index (χ4v) is 4.45. The van der Waals surface area contributed by atoms with Crippen molar-refractivity contribution < 1.29 is 4.79 Å². The zero-order valence-corrected chi connectivity index (χ0v) is 20.8. The second kappa shape index (κ2) is 10.5. The molecule has 0 aromatic heterocycles. The number of rotatable bonds is 5. The average molecular weight is 589 g/mol. The molecule has 0 radical (unpaired) electrons. The number of amides is 1. The summed E-state index contributed by atoms with van der Waals surface area (Å²) < 4.78 is -0.205. The maximum atomic E-state index is 12.3. The zero-order chi connectivity index (χ0) is 20.9. The summed E-state index contributed by atoms with van der Waals surface area (Å²) in [7, 11) is 0. The van der Waals surface area contributed by atoms with Gasteiger partial charge in [-0.2, -0.15) is 0 Å². The first-order valence-corrected chi connectivity index (χ1v) is 11.1. The molecule has 0 aliphatic rings. The van der Waals surface area contributed by atoms with Gasteiger partial charge in [-0.15, -0.1) is 0 Å². The maximum absolute atomic E-state index is 12.3. The molecular weight excluding hydrogens is 572 g/mol. The molecule has 10 heteroatoms. The largest absolute Gasteiger partial charge is 0.339 e. The van der Waals surface area contributed by atoms with E-state index in [0.717, 1.165) is 20.1 Å². The molecule has 4 nitrogen and oxygen atoms in total. The van der Waals surface area contributed by atoms with E-state index in [4.69, 9.17) is 47.0 Å². The van der Waals surface area contributed by atoms with Gasteiger partial charge in [-0.3, -0.25) is 4.79 Å². The van der Waals surface area contributed by atoms with Crippen molar-refractivity contribution in [1.82, 2.24) is 10.6 Å². The van der Waals surface area contributed by atoms with E-state index in [1.54, 1.807) is 0 Å². The number of hydrogen-bond donors (Lipinski definition) is 3. The second-order valence-electron chi connectivity index (χ2n) is 5.91. The van der Waals surface area contributed by atoms with Gasteiger partial charge in [0, 0.05) is 8.95 Å². The Morgan fingerprint density at radius 1 is 1.11 bits per heavy atom. The van der Waals surface area contributed by atoms with Crippen LogP contribution < -0.4 is 16.0 Å². The first-order valence-electron chi connectivity index (χ1n) is 7.99. The molecule has 3 N–H and O–H groups in total. The predicted octanol–water partition coefficient (Wildman–Crippen LogP) is 5.86. The van der Waals surface area contributed by atoms with Gasteiger partial charge in [0.15, 0.2) is 5.11 Å². The predicted molar refractivity (Wildman–Crippen MR) is 128 cm³/mol. The van der Waals surface area contributed by atoms with Crippen LogP contribution in [0.4, 0.5) is 5.69 Å². The molecule has 0 heterocycles. The van der Waals surface area contributed by atoms with Crippen LogP contribution in [0.2, 0.25) is 0 Å². The number of halogens is 5. The lowest BCUT2D eigenvalue weighted by Gasteiger charge is -2.28. The van der Waals surface area contributed by atoms with E-state index < -0.39 is 9.96 Å². The summed E-state index contributed by atoms with van der Waals surface area (Å²) in [4.78, 5) is 12.3. The third-order valence-electron chi connectivity index (χ3n) is 3.54. The van der Waals surface area contributed by atoms with Gasteiger partial charge in [0.05, 0.1) is 12.1 Å². The first-order chi connectivity index (χ1) is 13.1. The highest BCUT2D eigenvalue weighted by Gasteiger charge is 2.34. The number of benzene rings is 2. The molecule has 2 aromatic carbocycles. The summed E-state index contributed by atoms with van der Waals surface area (Å²) in [5.74, 6) is -0.310. The highest BCUT2D eigenvalue weighted by atomic mass is 79.9. The van der Waals surface area contributed by atoms with Crippen molar-refractivity contribution in [1.29, 1.82) is 0 Å². The standard InChI is InChI=1S/C18H16Br2Cl3N3OS/c1-10-7-12(19)15(13(20)8-10)25-17(28)26-16(18(21,22)23)24-14(27)9-11-5-3-2-4-6-11/h2-8,16H,9H2,1H3,(H,24,27)(H2,25,26,28)/t16-/m1/s1. The van der Waals surface area contributed by atoms with Crippen LogP contribution in [0.15, 0.2) is 51.4 Å². The quantitative estimate of drug-likeness (QED) is 0.233. The summed E-state index contributed by atoms with van der Waals surface area (Å²) in [5, 5.41) is 8.72. The van der Waals surface area contributed by atoms with Crippen LogP contribution in [0, 0.1) is 6.92 Å². The molecule has 0 saturated heterocycles. The number of nitrogens with one attached hydrogen (secondary N) is 3. The van der Waals surface area contributed by atoms with Crippen LogP contribution >= 0.6 is 78.9 Å². The van der Waals surface area contributed by atoms with E-state index in [1.807, 2.05) is 49.4 Å². The van der Waals surface area contributed by atoms with Crippen LogP contribution in [0.1, 0.15) is 11.1 Å². The van der Waals surface area contributed by atoms with E-state index in [-0.39, 0.29) is 17.4 Å². The summed E-state index contributed by atoms with van der Waals surface area (Å²) in [6.45, 7) is 1.97. The normalized spacial score (nSPS) is 12.2. The Morgan fingerprint density at radius 2 is 1.68 bits per heavy atom. The number of carbonyl (C=O) groups is 1. The lowest BCUT2D eigenvalue weighted by Crippen LogP contribution is -2.56. The molecule has 0 aliphatic carbocycles. The number of anilines is 1. The molecule has 1 atom stereocenters. The Kier molecular flexibility index (Phi) is 8.85. The summed E-state index contributed by atoms with van der Waals surface area (Å²) in [5.41, 5.74) is 2.62. The number of hydrogen-bond acceptors (Lipinski definition) is 2. The van der Waals surface area contributed by atoms with Gasteiger partial charge in [-0.05, 0) is 74.3 Å².